The SMILES string of the molecule is COc1ccc2ncnc(NCc3ccc4c(c3)OCO4)c2c1. The number of anilines is 1. The highest BCUT2D eigenvalue weighted by Crippen LogP contribution is 2.33. The van der Waals surface area contributed by atoms with E-state index in [0.717, 1.165) is 39.5 Å². The number of hydrogen-bond donors (Lipinski definition) is 1. The lowest BCUT2D eigenvalue weighted by Gasteiger charge is -2.10. The first-order valence-electron chi connectivity index (χ1n) is 7.24. The summed E-state index contributed by atoms with van der Waals surface area (Å²) in [5.41, 5.74) is 1.96. The van der Waals surface area contributed by atoms with Gasteiger partial charge < -0.3 is 19.5 Å². The predicted octanol–water partition coefficient (Wildman–Crippen LogP) is 2.98. The van der Waals surface area contributed by atoms with E-state index in [0.29, 0.717) is 6.54 Å². The molecule has 0 bridgehead atoms. The Balaban J connectivity index is 1.60. The van der Waals surface area contributed by atoms with Gasteiger partial charge in [0.15, 0.2) is 11.5 Å². The number of aromatic nitrogens is 2. The number of nitrogens with one attached hydrogen (secondary N) is 1. The number of rotatable bonds is 4. The molecule has 1 aliphatic heterocycles. The molecule has 0 unspecified atom stereocenters. The van der Waals surface area contributed by atoms with Gasteiger partial charge in [-0.05, 0) is 35.9 Å². The third kappa shape index (κ3) is 2.59. The summed E-state index contributed by atoms with van der Waals surface area (Å²) in [7, 11) is 1.64. The van der Waals surface area contributed by atoms with Crippen molar-refractivity contribution in [3.8, 4) is 17.2 Å². The van der Waals surface area contributed by atoms with Crippen molar-refractivity contribution in [3.63, 3.8) is 0 Å². The predicted molar refractivity (Wildman–Crippen MR) is 86.0 cm³/mol. The maximum absolute atomic E-state index is 5.40. The summed E-state index contributed by atoms with van der Waals surface area (Å²) in [6.07, 6.45) is 1.55. The largest absolute Gasteiger partial charge is 0.497 e. The fourth-order valence-corrected chi connectivity index (χ4v) is 2.54. The molecule has 0 saturated heterocycles. The maximum atomic E-state index is 5.40. The van der Waals surface area contributed by atoms with Crippen LogP contribution in [0.1, 0.15) is 5.56 Å². The molecule has 6 heteroatoms. The van der Waals surface area contributed by atoms with Crippen LogP contribution in [0.25, 0.3) is 10.9 Å². The normalized spacial score (nSPS) is 12.4. The van der Waals surface area contributed by atoms with Crippen LogP contribution in [0, 0.1) is 0 Å². The number of benzene rings is 2. The summed E-state index contributed by atoms with van der Waals surface area (Å²) in [4.78, 5) is 8.61. The van der Waals surface area contributed by atoms with E-state index in [-0.39, 0.29) is 6.79 Å². The Morgan fingerprint density at radius 2 is 2.00 bits per heavy atom. The van der Waals surface area contributed by atoms with E-state index in [1.807, 2.05) is 36.4 Å². The average Bonchev–Trinajstić information content (AvgIpc) is 3.07. The van der Waals surface area contributed by atoms with Gasteiger partial charge in [-0.15, -0.1) is 0 Å². The van der Waals surface area contributed by atoms with E-state index in [4.69, 9.17) is 14.2 Å². The smallest absolute Gasteiger partial charge is 0.231 e. The molecule has 0 atom stereocenters. The van der Waals surface area contributed by atoms with Crippen LogP contribution < -0.4 is 19.5 Å². The molecule has 0 spiro atoms. The van der Waals surface area contributed by atoms with Crippen LogP contribution in [0.3, 0.4) is 0 Å². The van der Waals surface area contributed by atoms with Crippen molar-refractivity contribution in [2.75, 3.05) is 19.2 Å². The Hall–Kier alpha value is -3.02. The molecule has 116 valence electrons. The molecule has 1 aliphatic rings. The first-order valence-corrected chi connectivity index (χ1v) is 7.24. The Kier molecular flexibility index (Phi) is 3.34. The minimum Gasteiger partial charge on any atom is -0.497 e. The van der Waals surface area contributed by atoms with Crippen molar-refractivity contribution in [3.05, 3.63) is 48.3 Å². The lowest BCUT2D eigenvalue weighted by atomic mass is 10.2. The van der Waals surface area contributed by atoms with Gasteiger partial charge in [-0.3, -0.25) is 0 Å². The molecule has 0 radical (unpaired) electrons. The van der Waals surface area contributed by atoms with Crippen molar-refractivity contribution in [1.29, 1.82) is 0 Å². The molecule has 1 N–H and O–H groups in total. The van der Waals surface area contributed by atoms with E-state index in [9.17, 15) is 0 Å². The summed E-state index contributed by atoms with van der Waals surface area (Å²) in [5, 5.41) is 4.27. The van der Waals surface area contributed by atoms with Gasteiger partial charge in [-0.2, -0.15) is 0 Å². The highest BCUT2D eigenvalue weighted by Gasteiger charge is 2.13. The minimum absolute atomic E-state index is 0.280. The highest BCUT2D eigenvalue weighted by atomic mass is 16.7. The van der Waals surface area contributed by atoms with E-state index in [1.165, 1.54) is 0 Å². The second-order valence-electron chi connectivity index (χ2n) is 5.15. The Morgan fingerprint density at radius 3 is 2.91 bits per heavy atom. The fourth-order valence-electron chi connectivity index (χ4n) is 2.54. The van der Waals surface area contributed by atoms with Crippen LogP contribution in [-0.2, 0) is 6.54 Å². The summed E-state index contributed by atoms with van der Waals surface area (Å²) in [5.74, 6) is 3.11. The van der Waals surface area contributed by atoms with Gasteiger partial charge >= 0.3 is 0 Å². The van der Waals surface area contributed by atoms with Crippen molar-refractivity contribution in [1.82, 2.24) is 9.97 Å². The average molecular weight is 309 g/mol. The molecule has 3 aromatic rings. The van der Waals surface area contributed by atoms with Gasteiger partial charge in [0.05, 0.1) is 12.6 Å². The Labute approximate surface area is 133 Å². The molecular weight excluding hydrogens is 294 g/mol. The molecule has 1 aromatic heterocycles. The molecule has 4 rings (SSSR count). The van der Waals surface area contributed by atoms with Gasteiger partial charge in [0.2, 0.25) is 6.79 Å². The molecule has 23 heavy (non-hydrogen) atoms. The lowest BCUT2D eigenvalue weighted by molar-refractivity contribution is 0.174. The van der Waals surface area contributed by atoms with E-state index >= 15 is 0 Å². The van der Waals surface area contributed by atoms with Crippen LogP contribution >= 0.6 is 0 Å². The van der Waals surface area contributed by atoms with E-state index in [1.54, 1.807) is 13.4 Å². The van der Waals surface area contributed by atoms with Gasteiger partial charge in [0.25, 0.3) is 0 Å². The van der Waals surface area contributed by atoms with Gasteiger partial charge in [0.1, 0.15) is 17.9 Å². The zero-order chi connectivity index (χ0) is 15.6. The quantitative estimate of drug-likeness (QED) is 0.799. The highest BCUT2D eigenvalue weighted by molar-refractivity contribution is 5.89. The molecule has 6 nitrogen and oxygen atoms in total. The summed E-state index contributed by atoms with van der Waals surface area (Å²) in [6.45, 7) is 0.905. The second-order valence-corrected chi connectivity index (χ2v) is 5.15. The molecule has 2 aromatic carbocycles. The fraction of sp³-hybridized carbons (Fsp3) is 0.176. The topological polar surface area (TPSA) is 65.5 Å². The molecule has 0 amide bonds. The summed E-state index contributed by atoms with van der Waals surface area (Å²) >= 11 is 0. The Morgan fingerprint density at radius 1 is 1.09 bits per heavy atom. The Bertz CT molecular complexity index is 867. The van der Waals surface area contributed by atoms with Crippen LogP contribution in [-0.4, -0.2) is 23.9 Å². The number of ether oxygens (including phenoxy) is 3. The van der Waals surface area contributed by atoms with Gasteiger partial charge in [-0.1, -0.05) is 6.07 Å². The standard InChI is InChI=1S/C17H15N3O3/c1-21-12-3-4-14-13(7-12)17(20-9-19-14)18-8-11-2-5-15-16(6-11)23-10-22-15/h2-7,9H,8,10H2,1H3,(H,18,19,20). The molecule has 2 heterocycles. The monoisotopic (exact) mass is 309 g/mol. The molecular formula is C17H15N3O3. The maximum Gasteiger partial charge on any atom is 0.231 e. The molecule has 0 aliphatic carbocycles. The third-order valence-corrected chi connectivity index (χ3v) is 3.74. The van der Waals surface area contributed by atoms with Crippen LogP contribution in [0.15, 0.2) is 42.7 Å². The lowest BCUT2D eigenvalue weighted by Crippen LogP contribution is -2.02. The summed E-state index contributed by atoms with van der Waals surface area (Å²) in [6, 6.07) is 11.6. The number of methoxy groups -OCH3 is 1. The van der Waals surface area contributed by atoms with Crippen molar-refractivity contribution >= 4 is 16.7 Å². The van der Waals surface area contributed by atoms with Crippen LogP contribution in [0.2, 0.25) is 0 Å². The number of nitrogens with zero attached hydrogens (tertiary/aromatic N) is 2. The van der Waals surface area contributed by atoms with Crippen molar-refractivity contribution < 1.29 is 14.2 Å². The zero-order valence-corrected chi connectivity index (χ0v) is 12.6. The van der Waals surface area contributed by atoms with Crippen LogP contribution in [0.4, 0.5) is 5.82 Å². The molecule has 0 saturated carbocycles. The van der Waals surface area contributed by atoms with Gasteiger partial charge in [0, 0.05) is 11.9 Å². The third-order valence-electron chi connectivity index (χ3n) is 3.74. The first-order chi connectivity index (χ1) is 11.3. The number of hydrogen-bond acceptors (Lipinski definition) is 6. The number of fused-ring (bicyclic) bond motifs is 2. The van der Waals surface area contributed by atoms with Crippen molar-refractivity contribution in [2.24, 2.45) is 0 Å². The first kappa shape index (κ1) is 13.6. The van der Waals surface area contributed by atoms with Gasteiger partial charge in [-0.25, -0.2) is 9.97 Å². The molecule has 0 fully saturated rings. The van der Waals surface area contributed by atoms with E-state index < -0.39 is 0 Å². The van der Waals surface area contributed by atoms with E-state index in [2.05, 4.69) is 15.3 Å². The minimum atomic E-state index is 0.280. The second kappa shape index (κ2) is 5.64. The van der Waals surface area contributed by atoms with Crippen molar-refractivity contribution in [2.45, 2.75) is 6.54 Å². The summed E-state index contributed by atoms with van der Waals surface area (Å²) < 4.78 is 16.0. The zero-order valence-electron chi connectivity index (χ0n) is 12.6. The van der Waals surface area contributed by atoms with Crippen LogP contribution in [0.5, 0.6) is 17.2 Å².